The molecule has 0 spiro atoms. The number of hydrogen-bond acceptors (Lipinski definition) is 4. The number of sulfonamides is 1. The number of carbonyl (C=O) groups excluding carboxylic acids is 1. The van der Waals surface area contributed by atoms with Crippen LogP contribution in [0.2, 0.25) is 0 Å². The van der Waals surface area contributed by atoms with E-state index in [9.17, 15) is 17.6 Å². The zero-order chi connectivity index (χ0) is 21.3. The van der Waals surface area contributed by atoms with Crippen LogP contribution in [0.3, 0.4) is 0 Å². The lowest BCUT2D eigenvalue weighted by Crippen LogP contribution is -2.35. The van der Waals surface area contributed by atoms with Crippen molar-refractivity contribution in [1.82, 2.24) is 0 Å². The second-order valence-corrected chi connectivity index (χ2v) is 8.99. The van der Waals surface area contributed by atoms with E-state index in [1.54, 1.807) is 24.3 Å². The lowest BCUT2D eigenvalue weighted by molar-refractivity contribution is 0.0468. The van der Waals surface area contributed by atoms with Crippen LogP contribution in [0.4, 0.5) is 10.1 Å². The monoisotopic (exact) mass is 425 g/mol. The minimum absolute atomic E-state index is 0.00592. The summed E-state index contributed by atoms with van der Waals surface area (Å²) in [6.45, 7) is 1.61. The van der Waals surface area contributed by atoms with Gasteiger partial charge in [-0.05, 0) is 49.2 Å². The summed E-state index contributed by atoms with van der Waals surface area (Å²) < 4.78 is 47.0. The molecule has 1 aliphatic heterocycles. The van der Waals surface area contributed by atoms with Crippen LogP contribution in [-0.2, 0) is 27.8 Å². The molecular weight excluding hydrogens is 405 g/mol. The van der Waals surface area contributed by atoms with Crippen LogP contribution in [0.1, 0.15) is 28.4 Å². The van der Waals surface area contributed by atoms with Gasteiger partial charge in [-0.25, -0.2) is 17.6 Å². The van der Waals surface area contributed by atoms with Crippen LogP contribution in [-0.4, -0.2) is 20.4 Å². The Bertz CT molecular complexity index is 1210. The average Bonchev–Trinajstić information content (AvgIpc) is 3.09. The summed E-state index contributed by atoms with van der Waals surface area (Å²) in [4.78, 5) is 12.4. The van der Waals surface area contributed by atoms with Crippen LogP contribution in [0.25, 0.3) is 0 Å². The van der Waals surface area contributed by atoms with E-state index >= 15 is 0 Å². The molecule has 0 aromatic heterocycles. The number of ether oxygens (including phenoxy) is 1. The third-order valence-electron chi connectivity index (χ3n) is 5.09. The number of esters is 1. The lowest BCUT2D eigenvalue weighted by Gasteiger charge is -2.24. The van der Waals surface area contributed by atoms with Gasteiger partial charge in [-0.2, -0.15) is 0 Å². The van der Waals surface area contributed by atoms with Crippen molar-refractivity contribution in [3.8, 4) is 0 Å². The molecule has 0 N–H and O–H groups in total. The Hall–Kier alpha value is -3.19. The number of para-hydroxylation sites is 1. The summed E-state index contributed by atoms with van der Waals surface area (Å²) >= 11 is 0. The van der Waals surface area contributed by atoms with Gasteiger partial charge in [-0.3, -0.25) is 4.31 Å². The number of benzene rings is 3. The maximum absolute atomic E-state index is 13.7. The molecule has 7 heteroatoms. The molecule has 1 heterocycles. The van der Waals surface area contributed by atoms with E-state index in [4.69, 9.17) is 4.74 Å². The highest BCUT2D eigenvalue weighted by Crippen LogP contribution is 2.36. The highest BCUT2D eigenvalue weighted by atomic mass is 32.2. The minimum atomic E-state index is -3.87. The topological polar surface area (TPSA) is 63.7 Å². The number of nitrogens with zero attached hydrogens (tertiary/aromatic N) is 1. The predicted molar refractivity (Wildman–Crippen MR) is 111 cm³/mol. The lowest BCUT2D eigenvalue weighted by atomic mass is 10.1. The van der Waals surface area contributed by atoms with Crippen LogP contribution in [0, 0.1) is 5.82 Å². The molecule has 3 aromatic rings. The first kappa shape index (κ1) is 20.1. The van der Waals surface area contributed by atoms with Crippen molar-refractivity contribution in [3.63, 3.8) is 0 Å². The van der Waals surface area contributed by atoms with Crippen LogP contribution >= 0.6 is 0 Å². The van der Waals surface area contributed by atoms with Crippen molar-refractivity contribution >= 4 is 21.7 Å². The maximum atomic E-state index is 13.7. The van der Waals surface area contributed by atoms with Crippen LogP contribution < -0.4 is 4.31 Å². The predicted octanol–water partition coefficient (Wildman–Crippen LogP) is 4.32. The largest absolute Gasteiger partial charge is 0.457 e. The minimum Gasteiger partial charge on any atom is -0.457 e. The van der Waals surface area contributed by atoms with Crippen molar-refractivity contribution in [3.05, 3.63) is 95.3 Å². The summed E-state index contributed by atoms with van der Waals surface area (Å²) in [6, 6.07) is 18.9. The second kappa shape index (κ2) is 7.91. The van der Waals surface area contributed by atoms with Crippen molar-refractivity contribution in [2.45, 2.75) is 30.9 Å². The number of anilines is 1. The standard InChI is InChI=1S/C23H20FNO4S/c1-16-13-17-7-3-5-12-22(17)25(16)30(27,28)20-10-6-9-18(14-20)23(26)29-15-19-8-2-4-11-21(19)24/h2-12,14,16H,13,15H2,1H3/t16-/m0/s1. The Balaban J connectivity index is 1.58. The fraction of sp³-hybridized carbons (Fsp3) is 0.174. The Morgan fingerprint density at radius 2 is 1.80 bits per heavy atom. The van der Waals surface area contributed by atoms with Gasteiger partial charge in [0, 0.05) is 11.6 Å². The normalized spacial score (nSPS) is 15.7. The van der Waals surface area contributed by atoms with E-state index in [1.165, 1.54) is 40.7 Å². The summed E-state index contributed by atoms with van der Waals surface area (Å²) in [5.74, 6) is -1.19. The molecule has 5 nitrogen and oxygen atoms in total. The van der Waals surface area contributed by atoms with E-state index in [0.717, 1.165) is 5.56 Å². The first-order chi connectivity index (χ1) is 14.4. The smallest absolute Gasteiger partial charge is 0.338 e. The van der Waals surface area contributed by atoms with E-state index in [2.05, 4.69) is 0 Å². The zero-order valence-corrected chi connectivity index (χ0v) is 17.1. The molecule has 0 bridgehead atoms. The number of fused-ring (bicyclic) bond motifs is 1. The van der Waals surface area contributed by atoms with Crippen molar-refractivity contribution in [1.29, 1.82) is 0 Å². The van der Waals surface area contributed by atoms with Crippen molar-refractivity contribution < 1.29 is 22.3 Å². The Morgan fingerprint density at radius 1 is 1.07 bits per heavy atom. The SMILES string of the molecule is C[C@H]1Cc2ccccc2N1S(=O)(=O)c1cccc(C(=O)OCc2ccccc2F)c1. The van der Waals surface area contributed by atoms with E-state index in [-0.39, 0.29) is 28.7 Å². The van der Waals surface area contributed by atoms with Gasteiger partial charge < -0.3 is 4.74 Å². The molecule has 0 aliphatic carbocycles. The van der Waals surface area contributed by atoms with Gasteiger partial charge in [0.25, 0.3) is 10.0 Å². The number of hydrogen-bond donors (Lipinski definition) is 0. The Morgan fingerprint density at radius 3 is 2.60 bits per heavy atom. The number of carbonyl (C=O) groups is 1. The molecule has 154 valence electrons. The van der Waals surface area contributed by atoms with Gasteiger partial charge in [0.15, 0.2) is 0 Å². The molecular formula is C23H20FNO4S. The molecule has 0 saturated carbocycles. The third-order valence-corrected chi connectivity index (χ3v) is 7.01. The highest BCUT2D eigenvalue weighted by molar-refractivity contribution is 7.92. The molecule has 1 atom stereocenters. The second-order valence-electron chi connectivity index (χ2n) is 7.18. The fourth-order valence-corrected chi connectivity index (χ4v) is 5.38. The summed E-state index contributed by atoms with van der Waals surface area (Å²) in [5, 5.41) is 0. The number of rotatable bonds is 5. The molecule has 0 radical (unpaired) electrons. The van der Waals surface area contributed by atoms with Gasteiger partial charge in [-0.15, -0.1) is 0 Å². The quantitative estimate of drug-likeness (QED) is 0.571. The summed E-state index contributed by atoms with van der Waals surface area (Å²) in [5.41, 5.74) is 1.95. The molecule has 3 aromatic carbocycles. The molecule has 0 amide bonds. The Kier molecular flexibility index (Phi) is 5.30. The molecule has 30 heavy (non-hydrogen) atoms. The van der Waals surface area contributed by atoms with Gasteiger partial charge in [0.2, 0.25) is 0 Å². The van der Waals surface area contributed by atoms with Crippen LogP contribution in [0.15, 0.2) is 77.7 Å². The van der Waals surface area contributed by atoms with Gasteiger partial charge >= 0.3 is 5.97 Å². The highest BCUT2D eigenvalue weighted by Gasteiger charge is 2.36. The van der Waals surface area contributed by atoms with E-state index in [1.807, 2.05) is 19.1 Å². The van der Waals surface area contributed by atoms with Gasteiger partial charge in [0.05, 0.1) is 16.1 Å². The van der Waals surface area contributed by atoms with Gasteiger partial charge in [0.1, 0.15) is 12.4 Å². The molecule has 4 rings (SSSR count). The average molecular weight is 425 g/mol. The number of halogens is 1. The summed E-state index contributed by atoms with van der Waals surface area (Å²) in [6.07, 6.45) is 0.625. The fourth-order valence-electron chi connectivity index (χ4n) is 3.64. The zero-order valence-electron chi connectivity index (χ0n) is 16.3. The third kappa shape index (κ3) is 3.68. The van der Waals surface area contributed by atoms with E-state index < -0.39 is 21.8 Å². The van der Waals surface area contributed by atoms with Crippen LogP contribution in [0.5, 0.6) is 0 Å². The summed E-state index contributed by atoms with van der Waals surface area (Å²) in [7, 11) is -3.87. The van der Waals surface area contributed by atoms with E-state index in [0.29, 0.717) is 12.1 Å². The first-order valence-electron chi connectivity index (χ1n) is 9.51. The maximum Gasteiger partial charge on any atom is 0.338 e. The van der Waals surface area contributed by atoms with Crippen molar-refractivity contribution in [2.75, 3.05) is 4.31 Å². The first-order valence-corrected chi connectivity index (χ1v) is 10.9. The molecule has 0 unspecified atom stereocenters. The van der Waals surface area contributed by atoms with Crippen molar-refractivity contribution in [2.24, 2.45) is 0 Å². The van der Waals surface area contributed by atoms with Gasteiger partial charge in [-0.1, -0.05) is 42.5 Å². The Labute approximate surface area is 174 Å². The molecule has 0 fully saturated rings. The molecule has 1 aliphatic rings. The molecule has 0 saturated heterocycles.